The highest BCUT2D eigenvalue weighted by atomic mass is 35.7. The molecule has 17 heavy (non-hydrogen) atoms. The summed E-state index contributed by atoms with van der Waals surface area (Å²) in [7, 11) is 0. The van der Waals surface area contributed by atoms with Gasteiger partial charge in [-0.3, -0.25) is 0 Å². The van der Waals surface area contributed by atoms with Crippen molar-refractivity contribution in [3.05, 3.63) is 0 Å². The molecule has 0 bridgehead atoms. The normalized spacial score (nSPS) is 26.4. The lowest BCUT2D eigenvalue weighted by atomic mass is 10.2. The molecule has 2 fully saturated rings. The molecule has 0 atom stereocenters. The van der Waals surface area contributed by atoms with Crippen LogP contribution < -0.4 is 0 Å². The highest BCUT2D eigenvalue weighted by Crippen LogP contribution is 2.65. The zero-order chi connectivity index (χ0) is 12.1. The van der Waals surface area contributed by atoms with E-state index in [4.69, 9.17) is 11.2 Å². The first-order valence-electron chi connectivity index (χ1n) is 7.50. The molecule has 1 nitrogen and oxygen atoms in total. The second kappa shape index (κ2) is 6.62. The summed E-state index contributed by atoms with van der Waals surface area (Å²) < 4.78 is 13.0. The Labute approximate surface area is 111 Å². The topological polar surface area (TPSA) is 17.1 Å². The standard InChI is InChI=1S/C14H26ClOP/c15-17(16,13-9-5-1-2-6-10-13)14-11-7-3-4-8-12-14/h13-14H,1-12H2. The van der Waals surface area contributed by atoms with Crippen LogP contribution in [0.4, 0.5) is 0 Å². The van der Waals surface area contributed by atoms with Crippen molar-refractivity contribution >= 4 is 17.7 Å². The van der Waals surface area contributed by atoms with Gasteiger partial charge < -0.3 is 4.57 Å². The van der Waals surface area contributed by atoms with Crippen LogP contribution in [0.5, 0.6) is 0 Å². The second-order valence-electron chi connectivity index (χ2n) is 5.91. The summed E-state index contributed by atoms with van der Waals surface area (Å²) >= 11 is 6.59. The Morgan fingerprint density at radius 1 is 0.647 bits per heavy atom. The molecule has 2 aliphatic carbocycles. The molecule has 0 unspecified atom stereocenters. The Morgan fingerprint density at radius 2 is 0.941 bits per heavy atom. The highest BCUT2D eigenvalue weighted by molar-refractivity contribution is 7.90. The molecular formula is C14H26ClOP. The Kier molecular flexibility index (Phi) is 5.43. The molecule has 2 aliphatic rings. The zero-order valence-electron chi connectivity index (χ0n) is 10.9. The molecule has 0 heterocycles. The van der Waals surface area contributed by atoms with Crippen LogP contribution in [0.3, 0.4) is 0 Å². The fourth-order valence-corrected chi connectivity index (χ4v) is 7.42. The van der Waals surface area contributed by atoms with Gasteiger partial charge in [0.1, 0.15) is 0 Å². The molecule has 0 amide bonds. The Hall–Kier alpha value is 0.520. The van der Waals surface area contributed by atoms with Crippen LogP contribution >= 0.6 is 17.7 Å². The third-order valence-electron chi connectivity index (χ3n) is 4.65. The van der Waals surface area contributed by atoms with E-state index in [1.54, 1.807) is 0 Å². The molecule has 2 rings (SSSR count). The van der Waals surface area contributed by atoms with Crippen molar-refractivity contribution in [3.63, 3.8) is 0 Å². The summed E-state index contributed by atoms with van der Waals surface area (Å²) in [6.45, 7) is -2.43. The average molecular weight is 277 g/mol. The van der Waals surface area contributed by atoms with Crippen LogP contribution in [0.15, 0.2) is 0 Å². The van der Waals surface area contributed by atoms with Gasteiger partial charge >= 0.3 is 0 Å². The average Bonchev–Trinajstić information content (AvgIpc) is 2.74. The summed E-state index contributed by atoms with van der Waals surface area (Å²) in [5.74, 6) is 0. The van der Waals surface area contributed by atoms with Gasteiger partial charge in [-0.25, -0.2) is 0 Å². The Bertz CT molecular complexity index is 239. The van der Waals surface area contributed by atoms with Crippen molar-refractivity contribution in [1.29, 1.82) is 0 Å². The van der Waals surface area contributed by atoms with E-state index in [-0.39, 0.29) is 0 Å². The smallest absolute Gasteiger partial charge is 0.175 e. The monoisotopic (exact) mass is 276 g/mol. The summed E-state index contributed by atoms with van der Waals surface area (Å²) in [6.07, 6.45) is 14.7. The van der Waals surface area contributed by atoms with Gasteiger partial charge in [0, 0.05) is 11.3 Å². The van der Waals surface area contributed by atoms with Crippen LogP contribution in [0.1, 0.15) is 77.0 Å². The minimum absolute atomic E-state index is 0.342. The molecule has 0 aliphatic heterocycles. The number of hydrogen-bond donors (Lipinski definition) is 0. The summed E-state index contributed by atoms with van der Waals surface area (Å²) in [4.78, 5) is 0. The van der Waals surface area contributed by atoms with Crippen molar-refractivity contribution < 1.29 is 4.57 Å². The van der Waals surface area contributed by atoms with Crippen LogP contribution in [0, 0.1) is 0 Å². The van der Waals surface area contributed by atoms with Gasteiger partial charge in [-0.2, -0.15) is 0 Å². The summed E-state index contributed by atoms with van der Waals surface area (Å²) in [5.41, 5.74) is 0.685. The minimum Gasteiger partial charge on any atom is -0.306 e. The van der Waals surface area contributed by atoms with E-state index in [1.165, 1.54) is 51.4 Å². The first-order valence-corrected chi connectivity index (χ1v) is 10.3. The predicted molar refractivity (Wildman–Crippen MR) is 76.4 cm³/mol. The number of rotatable bonds is 2. The van der Waals surface area contributed by atoms with Crippen LogP contribution in [0.25, 0.3) is 0 Å². The van der Waals surface area contributed by atoms with Gasteiger partial charge in [0.2, 0.25) is 0 Å². The molecule has 100 valence electrons. The fraction of sp³-hybridized carbons (Fsp3) is 1.00. The van der Waals surface area contributed by atoms with E-state index in [1.807, 2.05) is 0 Å². The van der Waals surface area contributed by atoms with E-state index in [0.29, 0.717) is 11.3 Å². The van der Waals surface area contributed by atoms with Crippen molar-refractivity contribution in [3.8, 4) is 0 Å². The van der Waals surface area contributed by atoms with Crippen LogP contribution in [-0.2, 0) is 4.57 Å². The fourth-order valence-electron chi connectivity index (χ4n) is 3.52. The van der Waals surface area contributed by atoms with E-state index in [2.05, 4.69) is 0 Å². The molecule has 0 spiro atoms. The first kappa shape index (κ1) is 13.9. The third-order valence-corrected chi connectivity index (χ3v) is 9.33. The lowest BCUT2D eigenvalue weighted by Crippen LogP contribution is -2.15. The zero-order valence-corrected chi connectivity index (χ0v) is 12.5. The Morgan fingerprint density at radius 3 is 1.24 bits per heavy atom. The van der Waals surface area contributed by atoms with Crippen LogP contribution in [-0.4, -0.2) is 11.3 Å². The predicted octanol–water partition coefficient (Wildman–Crippen LogP) is 5.95. The third kappa shape index (κ3) is 3.74. The number of hydrogen-bond acceptors (Lipinski definition) is 1. The van der Waals surface area contributed by atoms with Crippen molar-refractivity contribution in [2.24, 2.45) is 0 Å². The van der Waals surface area contributed by atoms with Gasteiger partial charge in [0.25, 0.3) is 0 Å². The second-order valence-corrected chi connectivity index (χ2v) is 10.2. The molecule has 2 saturated carbocycles. The molecule has 0 aromatic heterocycles. The van der Waals surface area contributed by atoms with Gasteiger partial charge in [0.15, 0.2) is 6.49 Å². The summed E-state index contributed by atoms with van der Waals surface area (Å²) in [6, 6.07) is 0. The van der Waals surface area contributed by atoms with Gasteiger partial charge in [-0.05, 0) is 25.7 Å². The maximum atomic E-state index is 13.0. The quantitative estimate of drug-likeness (QED) is 0.450. The van der Waals surface area contributed by atoms with E-state index in [0.717, 1.165) is 25.7 Å². The summed E-state index contributed by atoms with van der Waals surface area (Å²) in [5, 5.41) is 0. The van der Waals surface area contributed by atoms with E-state index >= 15 is 0 Å². The molecule has 0 aromatic rings. The molecule has 0 N–H and O–H groups in total. The van der Waals surface area contributed by atoms with Crippen molar-refractivity contribution in [2.75, 3.05) is 0 Å². The van der Waals surface area contributed by atoms with Crippen molar-refractivity contribution in [2.45, 2.75) is 88.4 Å². The lowest BCUT2D eigenvalue weighted by Gasteiger charge is -2.28. The molecule has 3 heteroatoms. The first-order chi connectivity index (χ1) is 8.21. The molecule has 0 saturated heterocycles. The molecule has 0 radical (unpaired) electrons. The van der Waals surface area contributed by atoms with E-state index < -0.39 is 6.49 Å². The minimum atomic E-state index is -2.43. The van der Waals surface area contributed by atoms with Gasteiger partial charge in [-0.1, -0.05) is 62.6 Å². The highest BCUT2D eigenvalue weighted by Gasteiger charge is 2.38. The van der Waals surface area contributed by atoms with E-state index in [9.17, 15) is 4.57 Å². The van der Waals surface area contributed by atoms with Gasteiger partial charge in [-0.15, -0.1) is 0 Å². The van der Waals surface area contributed by atoms with Crippen LogP contribution in [0.2, 0.25) is 0 Å². The Balaban J connectivity index is 2.01. The maximum Gasteiger partial charge on any atom is 0.175 e. The lowest BCUT2D eigenvalue weighted by molar-refractivity contribution is 0.539. The number of halogens is 1. The van der Waals surface area contributed by atoms with Gasteiger partial charge in [0.05, 0.1) is 0 Å². The maximum absolute atomic E-state index is 13.0. The SMILES string of the molecule is O=P(Cl)(C1CCCCCC1)C1CCCCCC1. The molecule has 0 aromatic carbocycles. The van der Waals surface area contributed by atoms with Crippen molar-refractivity contribution in [1.82, 2.24) is 0 Å². The largest absolute Gasteiger partial charge is 0.306 e. The molecular weight excluding hydrogens is 251 g/mol.